The second-order valence-electron chi connectivity index (χ2n) is 2.34. The molecule has 0 atom stereocenters. The van der Waals surface area contributed by atoms with Crippen molar-refractivity contribution in [3.05, 3.63) is 42.3 Å². The van der Waals surface area contributed by atoms with Crippen molar-refractivity contribution < 1.29 is 4.39 Å². The van der Waals surface area contributed by atoms with Crippen LogP contribution in [0.2, 0.25) is 0 Å². The SMILES string of the molecule is Cl.Fc1ccc2ncccc2c1. The van der Waals surface area contributed by atoms with Crippen LogP contribution in [0.15, 0.2) is 36.5 Å². The number of aromatic nitrogens is 1. The van der Waals surface area contributed by atoms with Crippen molar-refractivity contribution in [2.75, 3.05) is 0 Å². The van der Waals surface area contributed by atoms with Gasteiger partial charge in [0.1, 0.15) is 5.82 Å². The fourth-order valence-corrected chi connectivity index (χ4v) is 1.05. The molecule has 62 valence electrons. The van der Waals surface area contributed by atoms with Crippen LogP contribution in [-0.4, -0.2) is 4.98 Å². The van der Waals surface area contributed by atoms with Gasteiger partial charge in [-0.15, -0.1) is 12.4 Å². The summed E-state index contributed by atoms with van der Waals surface area (Å²) in [4.78, 5) is 4.06. The molecule has 0 saturated carbocycles. The first-order chi connectivity index (χ1) is 5.36. The van der Waals surface area contributed by atoms with Crippen LogP contribution in [0.25, 0.3) is 10.9 Å². The van der Waals surface area contributed by atoms with Gasteiger partial charge in [-0.05, 0) is 24.3 Å². The number of hydrogen-bond donors (Lipinski definition) is 0. The maximum atomic E-state index is 12.6. The molecule has 1 aromatic heterocycles. The van der Waals surface area contributed by atoms with Crippen LogP contribution in [0.5, 0.6) is 0 Å². The van der Waals surface area contributed by atoms with Crippen LogP contribution in [0, 0.1) is 5.82 Å². The third-order valence-electron chi connectivity index (χ3n) is 1.57. The predicted molar refractivity (Wildman–Crippen MR) is 48.9 cm³/mol. The number of pyridine rings is 1. The minimum Gasteiger partial charge on any atom is -0.256 e. The van der Waals surface area contributed by atoms with Gasteiger partial charge in [-0.3, -0.25) is 4.98 Å². The van der Waals surface area contributed by atoms with E-state index in [9.17, 15) is 4.39 Å². The summed E-state index contributed by atoms with van der Waals surface area (Å²) in [5.41, 5.74) is 0.828. The van der Waals surface area contributed by atoms with Crippen molar-refractivity contribution in [1.29, 1.82) is 0 Å². The molecule has 0 saturated heterocycles. The van der Waals surface area contributed by atoms with E-state index >= 15 is 0 Å². The molecule has 0 bridgehead atoms. The molecule has 1 heterocycles. The summed E-state index contributed by atoms with van der Waals surface area (Å²) >= 11 is 0. The highest BCUT2D eigenvalue weighted by molar-refractivity contribution is 5.85. The third-order valence-corrected chi connectivity index (χ3v) is 1.57. The van der Waals surface area contributed by atoms with Crippen molar-refractivity contribution in [3.63, 3.8) is 0 Å². The Bertz CT molecular complexity index is 389. The van der Waals surface area contributed by atoms with Crippen LogP contribution in [0.3, 0.4) is 0 Å². The van der Waals surface area contributed by atoms with Crippen molar-refractivity contribution in [1.82, 2.24) is 4.98 Å². The van der Waals surface area contributed by atoms with E-state index in [0.717, 1.165) is 10.9 Å². The highest BCUT2D eigenvalue weighted by atomic mass is 35.5. The quantitative estimate of drug-likeness (QED) is 0.612. The van der Waals surface area contributed by atoms with E-state index in [4.69, 9.17) is 0 Å². The lowest BCUT2D eigenvalue weighted by molar-refractivity contribution is 0.629. The summed E-state index contributed by atoms with van der Waals surface area (Å²) < 4.78 is 12.6. The molecule has 0 aliphatic rings. The lowest BCUT2D eigenvalue weighted by Gasteiger charge is -1.93. The van der Waals surface area contributed by atoms with Gasteiger partial charge >= 0.3 is 0 Å². The summed E-state index contributed by atoms with van der Waals surface area (Å²) in [6.07, 6.45) is 1.69. The third kappa shape index (κ3) is 1.53. The van der Waals surface area contributed by atoms with E-state index in [1.54, 1.807) is 18.3 Å². The molecule has 0 spiro atoms. The van der Waals surface area contributed by atoms with Crippen LogP contribution in [0.4, 0.5) is 4.39 Å². The first kappa shape index (κ1) is 8.94. The molecular formula is C9H7ClFN. The Hall–Kier alpha value is -1.15. The average molecular weight is 184 g/mol. The summed E-state index contributed by atoms with van der Waals surface area (Å²) in [5.74, 6) is -0.217. The topological polar surface area (TPSA) is 12.9 Å². The van der Waals surface area contributed by atoms with Gasteiger partial charge in [-0.25, -0.2) is 4.39 Å². The summed E-state index contributed by atoms with van der Waals surface area (Å²) in [6.45, 7) is 0. The molecule has 0 amide bonds. The molecule has 1 aromatic carbocycles. The summed E-state index contributed by atoms with van der Waals surface area (Å²) in [5, 5.41) is 0.840. The Labute approximate surface area is 75.7 Å². The zero-order valence-electron chi connectivity index (χ0n) is 6.20. The minimum absolute atomic E-state index is 0. The van der Waals surface area contributed by atoms with E-state index < -0.39 is 0 Å². The van der Waals surface area contributed by atoms with Crippen LogP contribution >= 0.6 is 12.4 Å². The van der Waals surface area contributed by atoms with Gasteiger partial charge in [0.25, 0.3) is 0 Å². The normalized spacial score (nSPS) is 9.42. The van der Waals surface area contributed by atoms with Crippen LogP contribution < -0.4 is 0 Å². The zero-order valence-corrected chi connectivity index (χ0v) is 7.01. The molecule has 3 heteroatoms. The van der Waals surface area contributed by atoms with Gasteiger partial charge in [0.2, 0.25) is 0 Å². The largest absolute Gasteiger partial charge is 0.256 e. The van der Waals surface area contributed by atoms with Gasteiger partial charge in [-0.2, -0.15) is 0 Å². The molecule has 2 aromatic rings. The Morgan fingerprint density at radius 2 is 2.00 bits per heavy atom. The first-order valence-corrected chi connectivity index (χ1v) is 3.36. The molecular weight excluding hydrogens is 177 g/mol. The molecule has 0 unspecified atom stereocenters. The molecule has 0 N–H and O–H groups in total. The average Bonchev–Trinajstić information content (AvgIpc) is 2.04. The first-order valence-electron chi connectivity index (χ1n) is 3.36. The molecule has 0 aliphatic heterocycles. The second kappa shape index (κ2) is 3.50. The van der Waals surface area contributed by atoms with Gasteiger partial charge in [-0.1, -0.05) is 6.07 Å². The van der Waals surface area contributed by atoms with Gasteiger partial charge < -0.3 is 0 Å². The highest BCUT2D eigenvalue weighted by Gasteiger charge is 1.93. The van der Waals surface area contributed by atoms with Crippen molar-refractivity contribution in [3.8, 4) is 0 Å². The Balaban J connectivity index is 0.000000720. The fraction of sp³-hybridized carbons (Fsp3) is 0. The molecule has 0 fully saturated rings. The van der Waals surface area contributed by atoms with E-state index in [1.165, 1.54) is 12.1 Å². The van der Waals surface area contributed by atoms with Crippen molar-refractivity contribution >= 4 is 23.3 Å². The monoisotopic (exact) mass is 183 g/mol. The molecule has 0 aliphatic carbocycles. The Morgan fingerprint density at radius 1 is 1.17 bits per heavy atom. The lowest BCUT2D eigenvalue weighted by Crippen LogP contribution is -1.78. The van der Waals surface area contributed by atoms with Crippen LogP contribution in [0.1, 0.15) is 0 Å². The maximum absolute atomic E-state index is 12.6. The van der Waals surface area contributed by atoms with E-state index in [-0.39, 0.29) is 18.2 Å². The van der Waals surface area contributed by atoms with Crippen molar-refractivity contribution in [2.45, 2.75) is 0 Å². The molecule has 1 nitrogen and oxygen atoms in total. The van der Waals surface area contributed by atoms with E-state index in [2.05, 4.69) is 4.98 Å². The second-order valence-corrected chi connectivity index (χ2v) is 2.34. The minimum atomic E-state index is -0.217. The Kier molecular flexibility index (Phi) is 2.61. The summed E-state index contributed by atoms with van der Waals surface area (Å²) in [7, 11) is 0. The predicted octanol–water partition coefficient (Wildman–Crippen LogP) is 2.80. The van der Waals surface area contributed by atoms with E-state index in [0.29, 0.717) is 0 Å². The zero-order chi connectivity index (χ0) is 7.68. The van der Waals surface area contributed by atoms with Gasteiger partial charge in [0, 0.05) is 11.6 Å². The smallest absolute Gasteiger partial charge is 0.123 e. The standard InChI is InChI=1S/C9H6FN.ClH/c10-8-3-4-9-7(6-8)2-1-5-11-9;/h1-6H;1H. The van der Waals surface area contributed by atoms with Gasteiger partial charge in [0.15, 0.2) is 0 Å². The van der Waals surface area contributed by atoms with Gasteiger partial charge in [0.05, 0.1) is 5.52 Å². The van der Waals surface area contributed by atoms with E-state index in [1.807, 2.05) is 6.07 Å². The molecule has 2 rings (SSSR count). The number of rotatable bonds is 0. The molecule has 0 radical (unpaired) electrons. The lowest BCUT2D eigenvalue weighted by atomic mass is 10.2. The number of nitrogens with zero attached hydrogens (tertiary/aromatic N) is 1. The number of fused-ring (bicyclic) bond motifs is 1. The number of hydrogen-bond acceptors (Lipinski definition) is 1. The van der Waals surface area contributed by atoms with Crippen LogP contribution in [-0.2, 0) is 0 Å². The highest BCUT2D eigenvalue weighted by Crippen LogP contribution is 2.11. The number of halogens is 2. The maximum Gasteiger partial charge on any atom is 0.123 e. The fourth-order valence-electron chi connectivity index (χ4n) is 1.05. The summed E-state index contributed by atoms with van der Waals surface area (Å²) in [6, 6.07) is 8.19. The van der Waals surface area contributed by atoms with Crippen molar-refractivity contribution in [2.24, 2.45) is 0 Å². The Morgan fingerprint density at radius 3 is 2.83 bits per heavy atom. The number of benzene rings is 1. The molecule has 12 heavy (non-hydrogen) atoms.